The lowest BCUT2D eigenvalue weighted by atomic mass is 9.91. The van der Waals surface area contributed by atoms with Crippen molar-refractivity contribution in [2.45, 2.75) is 19.1 Å². The van der Waals surface area contributed by atoms with Crippen LogP contribution in [0.15, 0.2) is 79.1 Å². The molecule has 2 amide bonds. The van der Waals surface area contributed by atoms with Gasteiger partial charge in [0.05, 0.1) is 17.4 Å². The highest BCUT2D eigenvalue weighted by atomic mass is 16.7. The van der Waals surface area contributed by atoms with Crippen molar-refractivity contribution in [1.82, 2.24) is 4.98 Å². The Balaban J connectivity index is 1.58. The predicted octanol–water partition coefficient (Wildman–Crippen LogP) is 3.44. The predicted molar refractivity (Wildman–Crippen MR) is 108 cm³/mol. The third-order valence-electron chi connectivity index (χ3n) is 5.47. The zero-order chi connectivity index (χ0) is 20.0. The summed E-state index contributed by atoms with van der Waals surface area (Å²) in [6, 6.07) is 20.2. The molecule has 0 bridgehead atoms. The number of aryl methyl sites for hydroxylation is 1. The molecule has 0 unspecified atom stereocenters. The largest absolute Gasteiger partial charge is 0.273 e. The van der Waals surface area contributed by atoms with E-state index in [0.717, 1.165) is 16.8 Å². The fourth-order valence-corrected chi connectivity index (χ4v) is 4.06. The number of benzene rings is 2. The normalized spacial score (nSPS) is 23.6. The Labute approximate surface area is 168 Å². The van der Waals surface area contributed by atoms with Gasteiger partial charge in [-0.15, -0.1) is 0 Å². The molecule has 3 heterocycles. The number of anilines is 2. The lowest BCUT2D eigenvalue weighted by Crippen LogP contribution is -2.37. The Kier molecular flexibility index (Phi) is 4.14. The van der Waals surface area contributed by atoms with E-state index in [-0.39, 0.29) is 11.8 Å². The fourth-order valence-electron chi connectivity index (χ4n) is 4.06. The summed E-state index contributed by atoms with van der Waals surface area (Å²) in [6.07, 6.45) is 2.51. The Bertz CT molecular complexity index is 1050. The van der Waals surface area contributed by atoms with Crippen LogP contribution in [0.3, 0.4) is 0 Å². The van der Waals surface area contributed by atoms with Gasteiger partial charge in [-0.05, 0) is 48.9 Å². The number of fused-ring (bicyclic) bond motifs is 1. The van der Waals surface area contributed by atoms with E-state index in [1.807, 2.05) is 61.5 Å². The average molecular weight is 385 g/mol. The Morgan fingerprint density at radius 3 is 2.21 bits per heavy atom. The molecule has 3 aromatic rings. The number of para-hydroxylation sites is 1. The summed E-state index contributed by atoms with van der Waals surface area (Å²) in [5, 5.41) is 1.69. The molecule has 29 heavy (non-hydrogen) atoms. The SMILES string of the molecule is Cc1ccc(N2C(=O)[C@H]3[C@@H](c4ccncc4)N(c4ccccc4)O[C@H]3C2=O)cc1. The molecule has 0 radical (unpaired) electrons. The number of rotatable bonds is 3. The number of carbonyl (C=O) groups is 2. The average Bonchev–Trinajstić information content (AvgIpc) is 3.27. The van der Waals surface area contributed by atoms with Gasteiger partial charge in [-0.25, -0.2) is 9.96 Å². The molecule has 5 rings (SSSR count). The zero-order valence-electron chi connectivity index (χ0n) is 15.8. The van der Waals surface area contributed by atoms with Crippen LogP contribution in [0.2, 0.25) is 0 Å². The molecule has 0 spiro atoms. The van der Waals surface area contributed by atoms with Crippen molar-refractivity contribution in [3.8, 4) is 0 Å². The summed E-state index contributed by atoms with van der Waals surface area (Å²) < 4.78 is 0. The van der Waals surface area contributed by atoms with Crippen LogP contribution in [0.1, 0.15) is 17.2 Å². The molecule has 6 nitrogen and oxygen atoms in total. The first-order chi connectivity index (χ1) is 14.1. The number of carbonyl (C=O) groups excluding carboxylic acids is 2. The van der Waals surface area contributed by atoms with Crippen molar-refractivity contribution >= 4 is 23.2 Å². The molecule has 1 aromatic heterocycles. The van der Waals surface area contributed by atoms with Crippen molar-refractivity contribution in [2.24, 2.45) is 5.92 Å². The van der Waals surface area contributed by atoms with Crippen LogP contribution in [-0.4, -0.2) is 22.9 Å². The van der Waals surface area contributed by atoms with E-state index in [0.29, 0.717) is 5.69 Å². The number of nitrogens with zero attached hydrogens (tertiary/aromatic N) is 3. The van der Waals surface area contributed by atoms with Crippen LogP contribution < -0.4 is 9.96 Å². The number of pyridine rings is 1. The number of hydroxylamine groups is 1. The van der Waals surface area contributed by atoms with E-state index in [9.17, 15) is 9.59 Å². The molecular formula is C23H19N3O3. The summed E-state index contributed by atoms with van der Waals surface area (Å²) in [4.78, 5) is 38.0. The lowest BCUT2D eigenvalue weighted by Gasteiger charge is -2.28. The van der Waals surface area contributed by atoms with Gasteiger partial charge in [0.1, 0.15) is 5.92 Å². The maximum atomic E-state index is 13.4. The third-order valence-corrected chi connectivity index (χ3v) is 5.47. The lowest BCUT2D eigenvalue weighted by molar-refractivity contribution is -0.126. The highest BCUT2D eigenvalue weighted by molar-refractivity contribution is 6.23. The maximum absolute atomic E-state index is 13.4. The fraction of sp³-hybridized carbons (Fsp3) is 0.174. The minimum atomic E-state index is -0.859. The summed E-state index contributed by atoms with van der Waals surface area (Å²) >= 11 is 0. The maximum Gasteiger partial charge on any atom is 0.266 e. The molecule has 3 atom stereocenters. The van der Waals surface area contributed by atoms with Gasteiger partial charge < -0.3 is 0 Å². The van der Waals surface area contributed by atoms with Crippen molar-refractivity contribution in [2.75, 3.05) is 9.96 Å². The molecule has 2 aliphatic heterocycles. The number of amides is 2. The monoisotopic (exact) mass is 385 g/mol. The van der Waals surface area contributed by atoms with Gasteiger partial charge in [-0.2, -0.15) is 0 Å². The Morgan fingerprint density at radius 2 is 1.52 bits per heavy atom. The summed E-state index contributed by atoms with van der Waals surface area (Å²) in [7, 11) is 0. The molecule has 2 saturated heterocycles. The van der Waals surface area contributed by atoms with Gasteiger partial charge in [-0.1, -0.05) is 35.9 Å². The van der Waals surface area contributed by atoms with Crippen LogP contribution in [-0.2, 0) is 14.4 Å². The van der Waals surface area contributed by atoms with Gasteiger partial charge in [0, 0.05) is 12.4 Å². The molecule has 0 N–H and O–H groups in total. The second-order valence-electron chi connectivity index (χ2n) is 7.29. The van der Waals surface area contributed by atoms with E-state index in [1.165, 1.54) is 4.90 Å². The minimum Gasteiger partial charge on any atom is -0.273 e. The van der Waals surface area contributed by atoms with E-state index < -0.39 is 18.1 Å². The van der Waals surface area contributed by atoms with Gasteiger partial charge in [0.2, 0.25) is 5.91 Å². The van der Waals surface area contributed by atoms with Gasteiger partial charge >= 0.3 is 0 Å². The Hall–Kier alpha value is -3.51. The first-order valence-electron chi connectivity index (χ1n) is 9.50. The van der Waals surface area contributed by atoms with Crippen LogP contribution in [0.25, 0.3) is 0 Å². The molecular weight excluding hydrogens is 366 g/mol. The quantitative estimate of drug-likeness (QED) is 0.647. The first kappa shape index (κ1) is 17.6. The third kappa shape index (κ3) is 2.80. The van der Waals surface area contributed by atoms with Crippen LogP contribution in [0.5, 0.6) is 0 Å². The molecule has 2 aromatic carbocycles. The minimum absolute atomic E-state index is 0.246. The Morgan fingerprint density at radius 1 is 0.828 bits per heavy atom. The summed E-state index contributed by atoms with van der Waals surface area (Å²) in [5.41, 5.74) is 3.31. The zero-order valence-corrected chi connectivity index (χ0v) is 15.8. The molecule has 144 valence electrons. The van der Waals surface area contributed by atoms with E-state index in [2.05, 4.69) is 4.98 Å². The molecule has 0 saturated carbocycles. The van der Waals surface area contributed by atoms with Crippen molar-refractivity contribution < 1.29 is 14.4 Å². The second kappa shape index (κ2) is 6.83. The molecule has 0 aliphatic carbocycles. The first-order valence-corrected chi connectivity index (χ1v) is 9.50. The van der Waals surface area contributed by atoms with Gasteiger partial charge in [0.25, 0.3) is 5.91 Å². The highest BCUT2D eigenvalue weighted by Crippen LogP contribution is 2.47. The molecule has 2 aliphatic rings. The van der Waals surface area contributed by atoms with Gasteiger partial charge in [0.15, 0.2) is 6.10 Å². The van der Waals surface area contributed by atoms with E-state index in [4.69, 9.17) is 4.84 Å². The smallest absolute Gasteiger partial charge is 0.266 e. The van der Waals surface area contributed by atoms with Crippen LogP contribution in [0, 0.1) is 12.8 Å². The number of hydrogen-bond donors (Lipinski definition) is 0. The van der Waals surface area contributed by atoms with Crippen molar-refractivity contribution in [3.05, 3.63) is 90.3 Å². The van der Waals surface area contributed by atoms with Crippen molar-refractivity contribution in [1.29, 1.82) is 0 Å². The summed E-state index contributed by atoms with van der Waals surface area (Å²) in [5.74, 6) is -1.21. The van der Waals surface area contributed by atoms with Gasteiger partial charge in [-0.3, -0.25) is 19.4 Å². The van der Waals surface area contributed by atoms with Crippen LogP contribution >= 0.6 is 0 Å². The van der Waals surface area contributed by atoms with E-state index in [1.54, 1.807) is 29.6 Å². The standard InChI is InChI=1S/C23H19N3O3/c1-15-7-9-17(10-8-15)25-22(27)19-20(16-11-13-24-14-12-16)26(29-21(19)23(25)28)18-5-3-2-4-6-18/h2-14,19-21H,1H3/t19-,20+,21+/m0/s1. The second-order valence-corrected chi connectivity index (χ2v) is 7.29. The number of aromatic nitrogens is 1. The number of hydrogen-bond acceptors (Lipinski definition) is 5. The highest BCUT2D eigenvalue weighted by Gasteiger charge is 2.60. The molecule has 2 fully saturated rings. The van der Waals surface area contributed by atoms with Crippen LogP contribution in [0.4, 0.5) is 11.4 Å². The van der Waals surface area contributed by atoms with Crippen molar-refractivity contribution in [3.63, 3.8) is 0 Å². The summed E-state index contributed by atoms with van der Waals surface area (Å²) in [6.45, 7) is 1.96. The van der Waals surface area contributed by atoms with E-state index >= 15 is 0 Å². The topological polar surface area (TPSA) is 62.7 Å². The number of imide groups is 1. The molecule has 6 heteroatoms.